The molecule has 0 bridgehead atoms. The lowest BCUT2D eigenvalue weighted by atomic mass is 10.7. The van der Waals surface area contributed by atoms with Gasteiger partial charge in [-0.15, -0.1) is 0 Å². The van der Waals surface area contributed by atoms with E-state index in [1.54, 1.807) is 36.3 Å². The molecule has 0 radical (unpaired) electrons. The van der Waals surface area contributed by atoms with Crippen molar-refractivity contribution >= 4 is 27.3 Å². The van der Waals surface area contributed by atoms with E-state index >= 15 is 0 Å². The van der Waals surface area contributed by atoms with Crippen LogP contribution < -0.4 is 0 Å². The van der Waals surface area contributed by atoms with E-state index in [0.717, 1.165) is 0 Å². The second-order valence-corrected chi connectivity index (χ2v) is 9.45. The molecule has 0 rings (SSSR count). The summed E-state index contributed by atoms with van der Waals surface area (Å²) < 4.78 is 53.1. The third kappa shape index (κ3) is 20.8. The van der Waals surface area contributed by atoms with Crippen LogP contribution in [-0.2, 0) is 42.0 Å². The maximum Gasteiger partial charge on any atom is 0.389 e. The van der Waals surface area contributed by atoms with Crippen LogP contribution in [0.15, 0.2) is 0 Å². The number of rotatable bonds is 20. The van der Waals surface area contributed by atoms with E-state index in [4.69, 9.17) is 37.5 Å². The van der Waals surface area contributed by atoms with E-state index in [0.29, 0.717) is 66.1 Å². The van der Waals surface area contributed by atoms with Crippen molar-refractivity contribution in [2.45, 2.75) is 0 Å². The molecule has 0 atom stereocenters. The molecule has 11 heteroatoms. The zero-order valence-electron chi connectivity index (χ0n) is 15.0. The highest BCUT2D eigenvalue weighted by molar-refractivity contribution is 14.2. The van der Waals surface area contributed by atoms with Crippen molar-refractivity contribution in [2.24, 2.45) is 0 Å². The highest BCUT2D eigenvalue weighted by Crippen LogP contribution is 2.56. The second-order valence-electron chi connectivity index (χ2n) is 4.53. The van der Waals surface area contributed by atoms with Gasteiger partial charge in [0, 0.05) is 14.2 Å². The van der Waals surface area contributed by atoms with Crippen LogP contribution >= 0.6 is 27.3 Å². The predicted molar refractivity (Wildman–Crippen MR) is 101 cm³/mol. The predicted octanol–water partition coefficient (Wildman–Crippen LogP) is 1.92. The molecule has 0 aliphatic heterocycles. The molecule has 0 aliphatic rings. The lowest BCUT2D eigenvalue weighted by molar-refractivity contribution is 0.0129. The zero-order valence-corrected chi connectivity index (χ0v) is 18.0. The SMILES string of the molecule is COCCOCCOCCOP(=O)(I)OCCOCCOCCOC. The molecule has 0 aliphatic carbocycles. The van der Waals surface area contributed by atoms with Crippen molar-refractivity contribution in [3.63, 3.8) is 0 Å². The summed E-state index contributed by atoms with van der Waals surface area (Å²) in [6.45, 7) is 5.05. The van der Waals surface area contributed by atoms with Crippen molar-refractivity contribution in [1.29, 1.82) is 0 Å². The molecule has 0 aromatic rings. The zero-order chi connectivity index (χ0) is 18.6. The third-order valence-corrected chi connectivity index (χ3v) is 5.21. The molecule has 0 aromatic carbocycles. The Bertz CT molecular complexity index is 297. The van der Waals surface area contributed by atoms with Gasteiger partial charge in [-0.3, -0.25) is 9.05 Å². The van der Waals surface area contributed by atoms with Gasteiger partial charge in [-0.1, -0.05) is 0 Å². The number of hydrogen-bond donors (Lipinski definition) is 0. The van der Waals surface area contributed by atoms with Gasteiger partial charge in [-0.05, 0) is 0 Å². The Labute approximate surface area is 162 Å². The summed E-state index contributed by atoms with van der Waals surface area (Å²) >= 11 is 1.67. The maximum atomic E-state index is 12.0. The molecule has 0 saturated carbocycles. The Hall–Kier alpha value is 0.640. The minimum Gasteiger partial charge on any atom is -0.382 e. The summed E-state index contributed by atoms with van der Waals surface area (Å²) in [6, 6.07) is 0. The molecule has 152 valence electrons. The van der Waals surface area contributed by atoms with Gasteiger partial charge in [-0.25, -0.2) is 4.57 Å². The molecule has 25 heavy (non-hydrogen) atoms. The largest absolute Gasteiger partial charge is 0.389 e. The minimum absolute atomic E-state index is 0.187. The molecule has 0 spiro atoms. The highest BCUT2D eigenvalue weighted by atomic mass is 127. The monoisotopic (exact) mass is 500 g/mol. The highest BCUT2D eigenvalue weighted by Gasteiger charge is 2.19. The van der Waals surface area contributed by atoms with Crippen LogP contribution in [0.4, 0.5) is 0 Å². The fraction of sp³-hybridized carbons (Fsp3) is 1.00. The molecule has 0 aromatic heterocycles. The normalized spacial score (nSPS) is 12.0. The third-order valence-electron chi connectivity index (χ3n) is 2.55. The van der Waals surface area contributed by atoms with Gasteiger partial charge in [0.2, 0.25) is 0 Å². The van der Waals surface area contributed by atoms with Crippen LogP contribution in [0.2, 0.25) is 0 Å². The van der Waals surface area contributed by atoms with Crippen LogP contribution in [0, 0.1) is 0 Å². The Morgan fingerprint density at radius 1 is 0.560 bits per heavy atom. The van der Waals surface area contributed by atoms with Gasteiger partial charge in [0.1, 0.15) is 0 Å². The topological polar surface area (TPSA) is 90.9 Å². The summed E-state index contributed by atoms with van der Waals surface area (Å²) in [5.74, 6) is 0. The number of ether oxygens (including phenoxy) is 6. The van der Waals surface area contributed by atoms with Crippen LogP contribution in [0.5, 0.6) is 0 Å². The number of methoxy groups -OCH3 is 2. The number of halogens is 1. The van der Waals surface area contributed by atoms with Crippen molar-refractivity contribution in [3.05, 3.63) is 0 Å². The lowest BCUT2D eigenvalue weighted by Gasteiger charge is -2.13. The molecular weight excluding hydrogens is 470 g/mol. The summed E-state index contributed by atoms with van der Waals surface area (Å²) in [4.78, 5) is 0. The molecule has 0 N–H and O–H groups in total. The van der Waals surface area contributed by atoms with Crippen molar-refractivity contribution in [3.8, 4) is 0 Å². The first-order valence-electron chi connectivity index (χ1n) is 8.00. The summed E-state index contributed by atoms with van der Waals surface area (Å²) in [5, 5.41) is -3.12. The first kappa shape index (κ1) is 25.6. The van der Waals surface area contributed by atoms with Crippen molar-refractivity contribution in [1.82, 2.24) is 0 Å². The second kappa shape index (κ2) is 19.4. The van der Waals surface area contributed by atoms with Gasteiger partial charge in [0.15, 0.2) is 0 Å². The van der Waals surface area contributed by atoms with Gasteiger partial charge in [-0.2, -0.15) is 0 Å². The van der Waals surface area contributed by atoms with Crippen LogP contribution in [0.1, 0.15) is 0 Å². The van der Waals surface area contributed by atoms with Crippen LogP contribution in [0.25, 0.3) is 0 Å². The quantitative estimate of drug-likeness (QED) is 0.141. The molecule has 0 saturated heterocycles. The minimum atomic E-state index is -3.12. The maximum absolute atomic E-state index is 12.0. The van der Waals surface area contributed by atoms with E-state index in [9.17, 15) is 4.57 Å². The lowest BCUT2D eigenvalue weighted by Crippen LogP contribution is -2.12. The van der Waals surface area contributed by atoms with Crippen molar-refractivity contribution < 1.29 is 42.0 Å². The standard InChI is InChI=1S/C14H30IO9P/c1-17-3-5-19-7-9-21-11-13-23-25(15,16)24-14-12-22-10-8-20-6-4-18-2/h3-14H2,1-2H3. The summed E-state index contributed by atoms with van der Waals surface area (Å²) in [6.07, 6.45) is 0. The first-order chi connectivity index (χ1) is 12.1. The molecule has 0 fully saturated rings. The van der Waals surface area contributed by atoms with Gasteiger partial charge in [0.05, 0.1) is 101 Å². The summed E-state index contributed by atoms with van der Waals surface area (Å²) in [5.41, 5.74) is 0. The molecule has 9 nitrogen and oxygen atoms in total. The van der Waals surface area contributed by atoms with Gasteiger partial charge >= 0.3 is 5.24 Å². The molecule has 0 heterocycles. The first-order valence-corrected chi connectivity index (χ1v) is 12.3. The van der Waals surface area contributed by atoms with E-state index in [1.807, 2.05) is 0 Å². The molecular formula is C14H30IO9P. The fourth-order valence-corrected chi connectivity index (χ4v) is 3.22. The average Bonchev–Trinajstić information content (AvgIpc) is 2.59. The van der Waals surface area contributed by atoms with E-state index in [-0.39, 0.29) is 13.2 Å². The Morgan fingerprint density at radius 2 is 0.840 bits per heavy atom. The number of hydrogen-bond acceptors (Lipinski definition) is 9. The fourth-order valence-electron chi connectivity index (χ4n) is 1.38. The average molecular weight is 500 g/mol. The Kier molecular flexibility index (Phi) is 19.9. The van der Waals surface area contributed by atoms with Gasteiger partial charge in [0.25, 0.3) is 0 Å². The van der Waals surface area contributed by atoms with Crippen molar-refractivity contribution in [2.75, 3.05) is 93.5 Å². The Balaban J connectivity index is 3.34. The van der Waals surface area contributed by atoms with E-state index < -0.39 is 5.24 Å². The van der Waals surface area contributed by atoms with E-state index in [1.165, 1.54) is 0 Å². The van der Waals surface area contributed by atoms with E-state index in [2.05, 4.69) is 0 Å². The molecule has 0 unspecified atom stereocenters. The smallest absolute Gasteiger partial charge is 0.382 e. The van der Waals surface area contributed by atoms with Gasteiger partial charge < -0.3 is 28.4 Å². The van der Waals surface area contributed by atoms with Crippen LogP contribution in [0.3, 0.4) is 0 Å². The Morgan fingerprint density at radius 3 is 1.16 bits per heavy atom. The summed E-state index contributed by atoms with van der Waals surface area (Å²) in [7, 11) is 3.24. The van der Waals surface area contributed by atoms with Crippen LogP contribution in [-0.4, -0.2) is 93.5 Å². The molecule has 0 amide bonds.